The van der Waals surface area contributed by atoms with Gasteiger partial charge in [-0.1, -0.05) is 13.3 Å². The molecule has 1 aliphatic carbocycles. The second-order valence-electron chi connectivity index (χ2n) is 4.06. The third-order valence-corrected chi connectivity index (χ3v) is 2.61. The molecule has 0 spiro atoms. The Balaban J connectivity index is 2.06. The smallest absolute Gasteiger partial charge is 0.110 e. The number of nitrogens with two attached hydrogens (primary N) is 1. The minimum absolute atomic E-state index is 0.744. The van der Waals surface area contributed by atoms with Crippen LogP contribution in [0.3, 0.4) is 0 Å². The van der Waals surface area contributed by atoms with Gasteiger partial charge >= 0.3 is 0 Å². The van der Waals surface area contributed by atoms with E-state index in [1.165, 1.54) is 12.8 Å². The molecule has 3 atom stereocenters. The van der Waals surface area contributed by atoms with Gasteiger partial charge in [-0.15, -0.1) is 0 Å². The van der Waals surface area contributed by atoms with Crippen molar-refractivity contribution in [2.45, 2.75) is 45.3 Å². The van der Waals surface area contributed by atoms with Crippen LogP contribution in [0, 0.1) is 11.8 Å². The summed E-state index contributed by atoms with van der Waals surface area (Å²) in [5.41, 5.74) is 4.51. The minimum atomic E-state index is -0.944. The third kappa shape index (κ3) is 3.21. The van der Waals surface area contributed by atoms with Crippen LogP contribution in [0.2, 0.25) is 0 Å². The van der Waals surface area contributed by atoms with Gasteiger partial charge in [-0.25, -0.2) is 0 Å². The fourth-order valence-corrected chi connectivity index (χ4v) is 1.64. The lowest BCUT2D eigenvalue weighted by atomic mass is 10.1. The van der Waals surface area contributed by atoms with Gasteiger partial charge in [-0.05, 0) is 38.0 Å². The van der Waals surface area contributed by atoms with Gasteiger partial charge in [-0.2, -0.15) is 0 Å². The van der Waals surface area contributed by atoms with Gasteiger partial charge in [0.2, 0.25) is 0 Å². The molecule has 0 heterocycles. The molecule has 1 saturated carbocycles. The maximum Gasteiger partial charge on any atom is 0.110 e. The highest BCUT2D eigenvalue weighted by atomic mass is 16.3. The summed E-state index contributed by atoms with van der Waals surface area (Å²) >= 11 is 0. The summed E-state index contributed by atoms with van der Waals surface area (Å²) < 4.78 is 0. The second kappa shape index (κ2) is 3.11. The standard InChI is InChI=1S/C9H19NO/c1-3-7-6-8(7)4-5-9(2,10)11/h7-8,11H,3-6,10H2,1-2H3. The van der Waals surface area contributed by atoms with E-state index >= 15 is 0 Å². The summed E-state index contributed by atoms with van der Waals surface area (Å²) in [6.45, 7) is 3.90. The van der Waals surface area contributed by atoms with E-state index in [9.17, 15) is 5.11 Å². The Labute approximate surface area is 68.8 Å². The molecule has 0 aromatic heterocycles. The van der Waals surface area contributed by atoms with E-state index in [1.807, 2.05) is 0 Å². The molecule has 0 radical (unpaired) electrons. The zero-order valence-corrected chi connectivity index (χ0v) is 7.51. The van der Waals surface area contributed by atoms with Crippen LogP contribution in [-0.2, 0) is 0 Å². The topological polar surface area (TPSA) is 46.2 Å². The van der Waals surface area contributed by atoms with E-state index in [-0.39, 0.29) is 0 Å². The summed E-state index contributed by atoms with van der Waals surface area (Å²) in [5, 5.41) is 9.23. The number of rotatable bonds is 4. The van der Waals surface area contributed by atoms with Gasteiger partial charge in [-0.3, -0.25) is 0 Å². The maximum absolute atomic E-state index is 9.23. The molecule has 66 valence electrons. The molecule has 0 aromatic rings. The molecular weight excluding hydrogens is 138 g/mol. The van der Waals surface area contributed by atoms with E-state index in [4.69, 9.17) is 5.73 Å². The van der Waals surface area contributed by atoms with E-state index in [0.29, 0.717) is 0 Å². The van der Waals surface area contributed by atoms with Gasteiger partial charge in [0.25, 0.3) is 0 Å². The van der Waals surface area contributed by atoms with Crippen LogP contribution in [0.1, 0.15) is 39.5 Å². The van der Waals surface area contributed by atoms with Gasteiger partial charge < -0.3 is 10.8 Å². The van der Waals surface area contributed by atoms with Crippen LogP contribution in [0.15, 0.2) is 0 Å². The Bertz CT molecular complexity index is 128. The van der Waals surface area contributed by atoms with Crippen LogP contribution in [0.5, 0.6) is 0 Å². The molecule has 2 heteroatoms. The SMILES string of the molecule is CCC1CC1CCC(C)(N)O. The molecule has 3 unspecified atom stereocenters. The first-order valence-corrected chi connectivity index (χ1v) is 4.54. The number of aliphatic hydroxyl groups is 1. The summed E-state index contributed by atoms with van der Waals surface area (Å²) in [6.07, 6.45) is 4.49. The fourth-order valence-electron chi connectivity index (χ4n) is 1.64. The van der Waals surface area contributed by atoms with E-state index < -0.39 is 5.72 Å². The molecule has 0 saturated heterocycles. The molecule has 1 rings (SSSR count). The highest BCUT2D eigenvalue weighted by molar-refractivity contribution is 4.86. The monoisotopic (exact) mass is 157 g/mol. The van der Waals surface area contributed by atoms with Crippen molar-refractivity contribution in [2.24, 2.45) is 17.6 Å². The lowest BCUT2D eigenvalue weighted by Crippen LogP contribution is -2.35. The van der Waals surface area contributed by atoms with Crippen molar-refractivity contribution < 1.29 is 5.11 Å². The van der Waals surface area contributed by atoms with Crippen molar-refractivity contribution in [3.63, 3.8) is 0 Å². The maximum atomic E-state index is 9.23. The van der Waals surface area contributed by atoms with Gasteiger partial charge in [0, 0.05) is 0 Å². The molecule has 11 heavy (non-hydrogen) atoms. The predicted molar refractivity (Wildman–Crippen MR) is 45.9 cm³/mol. The lowest BCUT2D eigenvalue weighted by Gasteiger charge is -2.16. The summed E-state index contributed by atoms with van der Waals surface area (Å²) in [5.74, 6) is 1.78. The van der Waals surface area contributed by atoms with Crippen molar-refractivity contribution in [2.75, 3.05) is 0 Å². The molecule has 1 aliphatic rings. The molecule has 0 aromatic carbocycles. The van der Waals surface area contributed by atoms with E-state index in [2.05, 4.69) is 6.92 Å². The van der Waals surface area contributed by atoms with Crippen molar-refractivity contribution >= 4 is 0 Å². The Morgan fingerprint density at radius 3 is 2.55 bits per heavy atom. The number of hydrogen-bond acceptors (Lipinski definition) is 2. The van der Waals surface area contributed by atoms with Crippen LogP contribution < -0.4 is 5.73 Å². The van der Waals surface area contributed by atoms with Crippen molar-refractivity contribution in [1.29, 1.82) is 0 Å². The minimum Gasteiger partial charge on any atom is -0.376 e. The van der Waals surface area contributed by atoms with Crippen molar-refractivity contribution in [1.82, 2.24) is 0 Å². The third-order valence-electron chi connectivity index (χ3n) is 2.61. The molecule has 2 nitrogen and oxygen atoms in total. The Morgan fingerprint density at radius 1 is 1.55 bits per heavy atom. The largest absolute Gasteiger partial charge is 0.376 e. The van der Waals surface area contributed by atoms with Crippen molar-refractivity contribution in [3.8, 4) is 0 Å². The first-order chi connectivity index (χ1) is 5.03. The molecule has 3 N–H and O–H groups in total. The fraction of sp³-hybridized carbons (Fsp3) is 1.00. The first-order valence-electron chi connectivity index (χ1n) is 4.54. The number of hydrogen-bond donors (Lipinski definition) is 2. The van der Waals surface area contributed by atoms with Gasteiger partial charge in [0.15, 0.2) is 0 Å². The average Bonchev–Trinajstić information content (AvgIpc) is 2.60. The van der Waals surface area contributed by atoms with Crippen LogP contribution in [-0.4, -0.2) is 10.8 Å². The molecule has 0 bridgehead atoms. The first kappa shape index (κ1) is 9.01. The summed E-state index contributed by atoms with van der Waals surface area (Å²) in [6, 6.07) is 0. The van der Waals surface area contributed by atoms with E-state index in [1.54, 1.807) is 6.92 Å². The molecule has 1 fully saturated rings. The van der Waals surface area contributed by atoms with Gasteiger partial charge in [0.05, 0.1) is 0 Å². The highest BCUT2D eigenvalue weighted by Gasteiger charge is 2.35. The van der Waals surface area contributed by atoms with Crippen LogP contribution >= 0.6 is 0 Å². The Hall–Kier alpha value is -0.0800. The van der Waals surface area contributed by atoms with Crippen LogP contribution in [0.25, 0.3) is 0 Å². The average molecular weight is 157 g/mol. The molecular formula is C9H19NO. The van der Waals surface area contributed by atoms with E-state index in [0.717, 1.165) is 24.7 Å². The van der Waals surface area contributed by atoms with Crippen LogP contribution in [0.4, 0.5) is 0 Å². The second-order valence-corrected chi connectivity index (χ2v) is 4.06. The predicted octanol–water partition coefficient (Wildman–Crippen LogP) is 1.48. The zero-order valence-electron chi connectivity index (χ0n) is 7.51. The molecule has 0 aliphatic heterocycles. The highest BCUT2D eigenvalue weighted by Crippen LogP contribution is 2.44. The lowest BCUT2D eigenvalue weighted by molar-refractivity contribution is 0.0537. The Kier molecular flexibility index (Phi) is 2.55. The van der Waals surface area contributed by atoms with Gasteiger partial charge in [0.1, 0.15) is 5.72 Å². The zero-order chi connectivity index (χ0) is 8.48. The normalized spacial score (nSPS) is 34.9. The summed E-state index contributed by atoms with van der Waals surface area (Å²) in [7, 11) is 0. The molecule has 0 amide bonds. The summed E-state index contributed by atoms with van der Waals surface area (Å²) in [4.78, 5) is 0. The quantitative estimate of drug-likeness (QED) is 0.607. The Morgan fingerprint density at radius 2 is 2.18 bits per heavy atom. The van der Waals surface area contributed by atoms with Crippen molar-refractivity contribution in [3.05, 3.63) is 0 Å².